The Labute approximate surface area is 195 Å². The molecule has 1 aromatic carbocycles. The van der Waals surface area contributed by atoms with Crippen molar-refractivity contribution >= 4 is 41.1 Å². The third-order valence-corrected chi connectivity index (χ3v) is 7.99. The number of amides is 2. The predicted octanol–water partition coefficient (Wildman–Crippen LogP) is 0.527. The number of carbonyl (C=O) groups is 3. The van der Waals surface area contributed by atoms with Gasteiger partial charge in [-0.2, -0.15) is 0 Å². The van der Waals surface area contributed by atoms with Gasteiger partial charge in [0.05, 0.1) is 24.1 Å². The van der Waals surface area contributed by atoms with Crippen molar-refractivity contribution < 1.29 is 24.6 Å². The molecule has 176 valence electrons. The van der Waals surface area contributed by atoms with E-state index in [4.69, 9.17) is 11.1 Å². The number of aliphatic hydroxyl groups excluding tert-OH is 1. The van der Waals surface area contributed by atoms with Crippen LogP contribution in [0.4, 0.5) is 5.69 Å². The van der Waals surface area contributed by atoms with E-state index in [2.05, 4.69) is 10.6 Å². The number of aliphatic hydroxyl groups is 1. The zero-order valence-electron chi connectivity index (χ0n) is 18.2. The molecule has 0 spiro atoms. The molecule has 7 N–H and O–H groups in total. The average Bonchev–Trinajstić information content (AvgIpc) is 3.30. The first-order valence-electron chi connectivity index (χ1n) is 10.7. The lowest BCUT2D eigenvalue weighted by molar-refractivity contribution is -0.163. The van der Waals surface area contributed by atoms with Crippen molar-refractivity contribution in [3.63, 3.8) is 0 Å². The van der Waals surface area contributed by atoms with Crippen LogP contribution in [-0.4, -0.2) is 68.7 Å². The predicted molar refractivity (Wildman–Crippen MR) is 124 cm³/mol. The van der Waals surface area contributed by atoms with E-state index in [1.807, 2.05) is 6.92 Å². The third kappa shape index (κ3) is 4.11. The van der Waals surface area contributed by atoms with Gasteiger partial charge in [0.1, 0.15) is 11.5 Å². The minimum atomic E-state index is -1.15. The summed E-state index contributed by atoms with van der Waals surface area (Å²) < 4.78 is 0. The number of β-lactam (4-membered cyclic amide) rings is 1. The summed E-state index contributed by atoms with van der Waals surface area (Å²) in [6.07, 6.45) is -0.338. The van der Waals surface area contributed by atoms with Gasteiger partial charge in [0.25, 0.3) is 0 Å². The van der Waals surface area contributed by atoms with E-state index in [0.717, 1.165) is 0 Å². The van der Waals surface area contributed by atoms with Crippen LogP contribution in [-0.2, 0) is 14.4 Å². The lowest BCUT2D eigenvalue weighted by Crippen LogP contribution is -2.63. The van der Waals surface area contributed by atoms with E-state index < -0.39 is 24.0 Å². The van der Waals surface area contributed by atoms with Crippen LogP contribution in [0.3, 0.4) is 0 Å². The summed E-state index contributed by atoms with van der Waals surface area (Å²) in [5.41, 5.74) is 6.60. The number of aliphatic carboxylic acids is 1. The molecule has 2 saturated heterocycles. The highest BCUT2D eigenvalue weighted by molar-refractivity contribution is 8.03. The molecule has 6 atom stereocenters. The maximum absolute atomic E-state index is 12.7. The largest absolute Gasteiger partial charge is 0.477 e. The van der Waals surface area contributed by atoms with E-state index in [1.165, 1.54) is 16.7 Å². The monoisotopic (exact) mass is 473 g/mol. The molecular weight excluding hydrogens is 446 g/mol. The summed E-state index contributed by atoms with van der Waals surface area (Å²) in [4.78, 5) is 39.1. The van der Waals surface area contributed by atoms with Gasteiger partial charge in [0.2, 0.25) is 11.8 Å². The van der Waals surface area contributed by atoms with Crippen molar-refractivity contribution in [3.8, 4) is 0 Å². The highest BCUT2D eigenvalue weighted by atomic mass is 32.2. The minimum Gasteiger partial charge on any atom is -0.477 e. The van der Waals surface area contributed by atoms with E-state index in [-0.39, 0.29) is 40.6 Å². The number of carbonyl (C=O) groups excluding carboxylic acids is 2. The molecule has 10 nitrogen and oxygen atoms in total. The second-order valence-electron chi connectivity index (χ2n) is 8.69. The first-order valence-corrected chi connectivity index (χ1v) is 11.6. The van der Waals surface area contributed by atoms with Gasteiger partial charge in [0.15, 0.2) is 0 Å². The molecular formula is C22H27N5O5S. The van der Waals surface area contributed by atoms with E-state index in [9.17, 15) is 24.6 Å². The quantitative estimate of drug-likeness (QED) is 0.189. The Balaban J connectivity index is 1.41. The number of hydrogen-bond donors (Lipinski definition) is 6. The second kappa shape index (κ2) is 8.81. The average molecular weight is 474 g/mol. The molecule has 0 aliphatic carbocycles. The molecule has 0 bridgehead atoms. The lowest BCUT2D eigenvalue weighted by atomic mass is 9.79. The van der Waals surface area contributed by atoms with Crippen molar-refractivity contribution in [2.45, 2.75) is 43.7 Å². The number of nitrogen functional groups attached to an aromatic ring is 1. The van der Waals surface area contributed by atoms with Gasteiger partial charge in [-0.05, 0) is 37.6 Å². The van der Waals surface area contributed by atoms with Gasteiger partial charge < -0.3 is 31.5 Å². The topological polar surface area (TPSA) is 169 Å². The van der Waals surface area contributed by atoms with Crippen molar-refractivity contribution in [2.75, 3.05) is 11.9 Å². The van der Waals surface area contributed by atoms with Gasteiger partial charge in [0, 0.05) is 33.9 Å². The smallest absolute Gasteiger partial charge is 0.353 e. The molecule has 0 aromatic heterocycles. The number of rotatable bonds is 7. The first-order chi connectivity index (χ1) is 15.6. The second-order valence-corrected chi connectivity index (χ2v) is 10.0. The molecule has 11 heteroatoms. The Bertz CT molecular complexity index is 1040. The van der Waals surface area contributed by atoms with Crippen molar-refractivity contribution in [2.24, 2.45) is 17.6 Å². The minimum absolute atomic E-state index is 0.00198. The van der Waals surface area contributed by atoms with E-state index >= 15 is 0 Å². The van der Waals surface area contributed by atoms with Gasteiger partial charge in [-0.3, -0.25) is 15.0 Å². The normalized spacial score (nSPS) is 29.5. The molecule has 3 heterocycles. The molecule has 3 aliphatic heterocycles. The molecule has 4 rings (SSSR count). The van der Waals surface area contributed by atoms with Crippen LogP contribution < -0.4 is 16.4 Å². The zero-order valence-corrected chi connectivity index (χ0v) is 19.1. The van der Waals surface area contributed by atoms with Crippen molar-refractivity contribution in [3.05, 3.63) is 40.4 Å². The van der Waals surface area contributed by atoms with Crippen molar-refractivity contribution in [1.82, 2.24) is 10.2 Å². The summed E-state index contributed by atoms with van der Waals surface area (Å²) >= 11 is 1.40. The Morgan fingerprint density at radius 3 is 2.58 bits per heavy atom. The number of hydrogen-bond acceptors (Lipinski definition) is 7. The molecule has 3 aliphatic rings. The van der Waals surface area contributed by atoms with Crippen LogP contribution >= 0.6 is 11.8 Å². The molecule has 0 saturated carbocycles. The van der Waals surface area contributed by atoms with Crippen LogP contribution in [0.5, 0.6) is 0 Å². The van der Waals surface area contributed by atoms with Gasteiger partial charge in [-0.25, -0.2) is 4.79 Å². The summed E-state index contributed by atoms with van der Waals surface area (Å²) in [6.45, 7) is 3.96. The van der Waals surface area contributed by atoms with Crippen molar-refractivity contribution in [1.29, 1.82) is 5.41 Å². The Morgan fingerprint density at radius 1 is 1.33 bits per heavy atom. The van der Waals surface area contributed by atoms with Crippen LogP contribution in [0.1, 0.15) is 25.8 Å². The number of carboxylic acids is 1. The highest BCUT2D eigenvalue weighted by Gasteiger charge is 2.60. The highest BCUT2D eigenvalue weighted by Crippen LogP contribution is 2.51. The van der Waals surface area contributed by atoms with Crippen LogP contribution in [0, 0.1) is 17.2 Å². The molecule has 33 heavy (non-hydrogen) atoms. The molecule has 1 aromatic rings. The molecule has 0 radical (unpaired) electrons. The number of nitrogens with zero attached hydrogens (tertiary/aromatic N) is 1. The summed E-state index contributed by atoms with van der Waals surface area (Å²) in [7, 11) is 0. The number of carboxylic acid groups (broad SMARTS) is 1. The summed E-state index contributed by atoms with van der Waals surface area (Å²) in [5, 5.41) is 33.2. The maximum atomic E-state index is 12.7. The number of amidine groups is 1. The maximum Gasteiger partial charge on any atom is 0.353 e. The third-order valence-electron chi connectivity index (χ3n) is 6.48. The number of nitrogens with one attached hydrogen (secondary N) is 3. The zero-order chi connectivity index (χ0) is 24.0. The number of anilines is 1. The molecule has 2 fully saturated rings. The summed E-state index contributed by atoms with van der Waals surface area (Å²) in [6, 6.07) is 5.89. The Kier molecular flexibility index (Phi) is 6.21. The van der Waals surface area contributed by atoms with Crippen LogP contribution in [0.15, 0.2) is 34.9 Å². The van der Waals surface area contributed by atoms with Gasteiger partial charge in [-0.1, -0.05) is 6.92 Å². The summed E-state index contributed by atoms with van der Waals surface area (Å²) in [5.74, 6) is -2.56. The number of benzene rings is 1. The fourth-order valence-corrected chi connectivity index (χ4v) is 6.29. The van der Waals surface area contributed by atoms with Gasteiger partial charge in [-0.15, -0.1) is 11.8 Å². The first kappa shape index (κ1) is 23.3. The van der Waals surface area contributed by atoms with Crippen LogP contribution in [0.25, 0.3) is 0 Å². The van der Waals surface area contributed by atoms with Gasteiger partial charge >= 0.3 is 5.97 Å². The van der Waals surface area contributed by atoms with E-state index in [1.54, 1.807) is 31.2 Å². The fourth-order valence-electron chi connectivity index (χ4n) is 4.81. The Hall–Kier alpha value is -2.89. The standard InChI is InChI=1S/C22H27N5O5S/c1-9-16-15(10(2)28)21(30)27(16)17(22(31)32)18(9)33-13-7-14(25-8-13)20(29)26-12-5-3-11(4-6-12)19(23)24/h3-6,9-10,13-16,25,28H,7-8H2,1-2H3,(H3,23,24)(H,26,29)(H,31,32)/t9-,10-,13+,14+,15-,16-/m1/s1. The Morgan fingerprint density at radius 2 is 2.00 bits per heavy atom. The number of thioether (sulfide) groups is 1. The SMILES string of the molecule is C[C@@H](O)[C@H]1C(=O)N2C(C(=O)O)=C(S[C@@H]3CN[C@H](C(=O)Nc4ccc(C(=N)N)cc4)C3)[C@H](C)[C@H]12. The van der Waals surface area contributed by atoms with Crippen LogP contribution in [0.2, 0.25) is 0 Å². The van der Waals surface area contributed by atoms with E-state index in [0.29, 0.717) is 29.1 Å². The molecule has 2 amide bonds. The lowest BCUT2D eigenvalue weighted by Gasteiger charge is -2.46. The fraction of sp³-hybridized carbons (Fsp3) is 0.455. The number of fused-ring (bicyclic) bond motifs is 1. The molecule has 0 unspecified atom stereocenters. The number of nitrogens with two attached hydrogens (primary N) is 1.